The molecule has 2 heteroatoms. The number of nitrogens with zero attached hydrogens (tertiary/aromatic N) is 1. The summed E-state index contributed by atoms with van der Waals surface area (Å²) in [5, 5.41) is 1.28. The maximum absolute atomic E-state index is 5.65. The van der Waals surface area contributed by atoms with Crippen LogP contribution in [-0.4, -0.2) is 11.2 Å². The van der Waals surface area contributed by atoms with Gasteiger partial charge in [0.05, 0.1) is 12.1 Å². The first-order valence-corrected chi connectivity index (χ1v) is 5.95. The SMILES string of the molecule is CCCOc1ccc2ccn(C(C)C)c2c1. The summed E-state index contributed by atoms with van der Waals surface area (Å²) in [5.41, 5.74) is 1.25. The zero-order valence-electron chi connectivity index (χ0n) is 10.2. The molecular formula is C14H19NO. The van der Waals surface area contributed by atoms with Crippen molar-refractivity contribution in [1.29, 1.82) is 0 Å². The molecule has 1 heterocycles. The summed E-state index contributed by atoms with van der Waals surface area (Å²) < 4.78 is 7.93. The second-order valence-electron chi connectivity index (χ2n) is 4.39. The van der Waals surface area contributed by atoms with Crippen LogP contribution >= 0.6 is 0 Å². The predicted octanol–water partition coefficient (Wildman–Crippen LogP) is 4.01. The Hall–Kier alpha value is -1.44. The van der Waals surface area contributed by atoms with Gasteiger partial charge in [0.1, 0.15) is 5.75 Å². The molecule has 16 heavy (non-hydrogen) atoms. The van der Waals surface area contributed by atoms with E-state index in [9.17, 15) is 0 Å². The maximum atomic E-state index is 5.65. The Balaban J connectivity index is 2.38. The molecule has 0 unspecified atom stereocenters. The first kappa shape index (κ1) is 11.1. The summed E-state index contributed by atoms with van der Waals surface area (Å²) >= 11 is 0. The Labute approximate surface area is 96.8 Å². The van der Waals surface area contributed by atoms with Crippen molar-refractivity contribution in [3.63, 3.8) is 0 Å². The van der Waals surface area contributed by atoms with E-state index in [-0.39, 0.29) is 0 Å². The van der Waals surface area contributed by atoms with Crippen LogP contribution in [0.15, 0.2) is 30.5 Å². The lowest BCUT2D eigenvalue weighted by Crippen LogP contribution is -1.99. The van der Waals surface area contributed by atoms with Crippen molar-refractivity contribution in [3.05, 3.63) is 30.5 Å². The van der Waals surface area contributed by atoms with Crippen LogP contribution in [0.25, 0.3) is 10.9 Å². The molecule has 2 aromatic rings. The highest BCUT2D eigenvalue weighted by Gasteiger charge is 2.05. The first-order valence-electron chi connectivity index (χ1n) is 5.95. The number of fused-ring (bicyclic) bond motifs is 1. The molecule has 2 rings (SSSR count). The summed E-state index contributed by atoms with van der Waals surface area (Å²) in [5.74, 6) is 0.968. The van der Waals surface area contributed by atoms with E-state index < -0.39 is 0 Å². The fraction of sp³-hybridized carbons (Fsp3) is 0.429. The molecule has 0 spiro atoms. The van der Waals surface area contributed by atoms with Crippen LogP contribution in [0.2, 0.25) is 0 Å². The van der Waals surface area contributed by atoms with Crippen molar-refractivity contribution in [2.24, 2.45) is 0 Å². The van der Waals surface area contributed by atoms with Crippen molar-refractivity contribution in [2.75, 3.05) is 6.61 Å². The zero-order valence-corrected chi connectivity index (χ0v) is 10.2. The molecule has 0 atom stereocenters. The van der Waals surface area contributed by atoms with E-state index in [1.54, 1.807) is 0 Å². The van der Waals surface area contributed by atoms with Crippen LogP contribution in [0, 0.1) is 0 Å². The molecule has 2 nitrogen and oxygen atoms in total. The Morgan fingerprint density at radius 2 is 2.06 bits per heavy atom. The van der Waals surface area contributed by atoms with Crippen molar-refractivity contribution in [3.8, 4) is 5.75 Å². The van der Waals surface area contributed by atoms with Gasteiger partial charge in [-0.1, -0.05) is 6.92 Å². The van der Waals surface area contributed by atoms with Gasteiger partial charge in [-0.25, -0.2) is 0 Å². The molecule has 0 aliphatic heterocycles. The van der Waals surface area contributed by atoms with Gasteiger partial charge in [-0.05, 0) is 43.9 Å². The number of aromatic nitrogens is 1. The largest absolute Gasteiger partial charge is 0.494 e. The van der Waals surface area contributed by atoms with Gasteiger partial charge in [-0.3, -0.25) is 0 Å². The summed E-state index contributed by atoms with van der Waals surface area (Å²) in [6.07, 6.45) is 3.18. The zero-order chi connectivity index (χ0) is 11.5. The summed E-state index contributed by atoms with van der Waals surface area (Å²) in [6.45, 7) is 7.29. The molecule has 0 fully saturated rings. The third kappa shape index (κ3) is 2.06. The Kier molecular flexibility index (Phi) is 3.18. The monoisotopic (exact) mass is 217 g/mol. The lowest BCUT2D eigenvalue weighted by atomic mass is 10.2. The number of benzene rings is 1. The second-order valence-corrected chi connectivity index (χ2v) is 4.39. The van der Waals surface area contributed by atoms with E-state index in [2.05, 4.69) is 49.7 Å². The topological polar surface area (TPSA) is 14.2 Å². The van der Waals surface area contributed by atoms with Gasteiger partial charge in [0.25, 0.3) is 0 Å². The van der Waals surface area contributed by atoms with Crippen LogP contribution in [0.5, 0.6) is 5.75 Å². The van der Waals surface area contributed by atoms with Gasteiger partial charge in [0.15, 0.2) is 0 Å². The van der Waals surface area contributed by atoms with Gasteiger partial charge in [-0.2, -0.15) is 0 Å². The van der Waals surface area contributed by atoms with Crippen molar-refractivity contribution >= 4 is 10.9 Å². The first-order chi connectivity index (χ1) is 7.72. The molecule has 0 amide bonds. The summed E-state index contributed by atoms with van der Waals surface area (Å²) in [4.78, 5) is 0. The third-order valence-corrected chi connectivity index (χ3v) is 2.72. The average molecular weight is 217 g/mol. The lowest BCUT2D eigenvalue weighted by molar-refractivity contribution is 0.317. The average Bonchev–Trinajstić information content (AvgIpc) is 2.69. The van der Waals surface area contributed by atoms with E-state index in [1.165, 1.54) is 10.9 Å². The quantitative estimate of drug-likeness (QED) is 0.754. The van der Waals surface area contributed by atoms with Crippen molar-refractivity contribution < 1.29 is 4.74 Å². The highest BCUT2D eigenvalue weighted by atomic mass is 16.5. The molecule has 0 N–H and O–H groups in total. The molecule has 0 bridgehead atoms. The lowest BCUT2D eigenvalue weighted by Gasteiger charge is -2.10. The van der Waals surface area contributed by atoms with Crippen LogP contribution in [0.1, 0.15) is 33.2 Å². The van der Waals surface area contributed by atoms with Gasteiger partial charge in [0, 0.05) is 18.3 Å². The number of hydrogen-bond donors (Lipinski definition) is 0. The van der Waals surface area contributed by atoms with Gasteiger partial charge < -0.3 is 9.30 Å². The standard InChI is InChI=1S/C14H19NO/c1-4-9-16-13-6-5-12-7-8-15(11(2)3)14(12)10-13/h5-8,10-11H,4,9H2,1-3H3. The summed E-state index contributed by atoms with van der Waals surface area (Å²) in [6, 6.07) is 8.94. The van der Waals surface area contributed by atoms with E-state index in [4.69, 9.17) is 4.74 Å². The molecular weight excluding hydrogens is 198 g/mol. The van der Waals surface area contributed by atoms with Gasteiger partial charge in [-0.15, -0.1) is 0 Å². The molecule has 0 saturated carbocycles. The van der Waals surface area contributed by atoms with Crippen LogP contribution in [0.3, 0.4) is 0 Å². The molecule has 0 radical (unpaired) electrons. The molecule has 0 aliphatic carbocycles. The number of hydrogen-bond acceptors (Lipinski definition) is 1. The highest BCUT2D eigenvalue weighted by molar-refractivity contribution is 5.81. The Morgan fingerprint density at radius 3 is 2.75 bits per heavy atom. The fourth-order valence-corrected chi connectivity index (χ4v) is 1.89. The number of ether oxygens (including phenoxy) is 1. The van der Waals surface area contributed by atoms with E-state index in [1.807, 2.05) is 6.07 Å². The van der Waals surface area contributed by atoms with E-state index in [0.29, 0.717) is 6.04 Å². The highest BCUT2D eigenvalue weighted by Crippen LogP contribution is 2.24. The minimum absolute atomic E-state index is 0.485. The molecule has 1 aromatic carbocycles. The van der Waals surface area contributed by atoms with Crippen molar-refractivity contribution in [1.82, 2.24) is 4.57 Å². The van der Waals surface area contributed by atoms with Crippen LogP contribution < -0.4 is 4.74 Å². The molecule has 1 aromatic heterocycles. The molecule has 86 valence electrons. The van der Waals surface area contributed by atoms with E-state index >= 15 is 0 Å². The molecule has 0 aliphatic rings. The number of rotatable bonds is 4. The van der Waals surface area contributed by atoms with Crippen molar-refractivity contribution in [2.45, 2.75) is 33.2 Å². The molecule has 0 saturated heterocycles. The van der Waals surface area contributed by atoms with Crippen LogP contribution in [-0.2, 0) is 0 Å². The second kappa shape index (κ2) is 4.60. The summed E-state index contributed by atoms with van der Waals surface area (Å²) in [7, 11) is 0. The minimum Gasteiger partial charge on any atom is -0.494 e. The van der Waals surface area contributed by atoms with Gasteiger partial charge in [0.2, 0.25) is 0 Å². The third-order valence-electron chi connectivity index (χ3n) is 2.72. The predicted molar refractivity (Wildman–Crippen MR) is 68.1 cm³/mol. The van der Waals surface area contributed by atoms with Crippen LogP contribution in [0.4, 0.5) is 0 Å². The minimum atomic E-state index is 0.485. The van der Waals surface area contributed by atoms with E-state index in [0.717, 1.165) is 18.8 Å². The van der Waals surface area contributed by atoms with Gasteiger partial charge >= 0.3 is 0 Å². The Morgan fingerprint density at radius 1 is 1.25 bits per heavy atom. The smallest absolute Gasteiger partial charge is 0.121 e. The normalized spacial score (nSPS) is 11.2. The Bertz CT molecular complexity index is 471. The fourth-order valence-electron chi connectivity index (χ4n) is 1.89. The maximum Gasteiger partial charge on any atom is 0.121 e.